The van der Waals surface area contributed by atoms with Crippen LogP contribution in [0.25, 0.3) is 10.4 Å². The molecule has 0 aliphatic carbocycles. The van der Waals surface area contributed by atoms with Crippen molar-refractivity contribution in [2.75, 3.05) is 6.61 Å². The van der Waals surface area contributed by atoms with Gasteiger partial charge in [-0.2, -0.15) is 5.26 Å². The number of ether oxygens (including phenoxy) is 1. The van der Waals surface area contributed by atoms with E-state index in [1.54, 1.807) is 18.2 Å². The molecule has 1 aliphatic rings. The first kappa shape index (κ1) is 22.6. The minimum Gasteiger partial charge on any atom is -0.394 e. The maximum absolute atomic E-state index is 14.6. The number of hydrogen-bond acceptors (Lipinski definition) is 7. The molecule has 1 unspecified atom stereocenters. The van der Waals surface area contributed by atoms with Crippen LogP contribution in [0.2, 0.25) is 0 Å². The SMILES string of the molecule is N#Cc1cccc(-c2ccc(Cc3cc(C4O[C@H](CO)[C@@H](O)[C@H](O)[C@H]4O)ccc3F)s2)c1. The number of thiophene rings is 1. The van der Waals surface area contributed by atoms with E-state index in [1.165, 1.54) is 23.5 Å². The molecule has 0 radical (unpaired) electrons. The van der Waals surface area contributed by atoms with E-state index < -0.39 is 42.9 Å². The number of rotatable bonds is 5. The van der Waals surface area contributed by atoms with E-state index in [4.69, 9.17) is 10.00 Å². The summed E-state index contributed by atoms with van der Waals surface area (Å²) in [7, 11) is 0. The highest BCUT2D eigenvalue weighted by molar-refractivity contribution is 7.15. The topological polar surface area (TPSA) is 114 Å². The number of halogens is 1. The lowest BCUT2D eigenvalue weighted by atomic mass is 9.90. The Morgan fingerprint density at radius 1 is 1.00 bits per heavy atom. The molecule has 1 aliphatic heterocycles. The Hall–Kier alpha value is -2.64. The van der Waals surface area contributed by atoms with Crippen LogP contribution in [0.3, 0.4) is 0 Å². The minimum absolute atomic E-state index is 0.305. The normalized spacial score (nSPS) is 25.4. The molecule has 8 heteroatoms. The lowest BCUT2D eigenvalue weighted by Crippen LogP contribution is -2.55. The van der Waals surface area contributed by atoms with Gasteiger partial charge in [0.15, 0.2) is 0 Å². The Balaban J connectivity index is 1.58. The predicted octanol–water partition coefficient (Wildman–Crippen LogP) is 2.53. The van der Waals surface area contributed by atoms with Gasteiger partial charge in [0, 0.05) is 16.2 Å². The van der Waals surface area contributed by atoms with Crippen LogP contribution in [0.4, 0.5) is 4.39 Å². The minimum atomic E-state index is -1.50. The second-order valence-electron chi connectivity index (χ2n) is 7.74. The van der Waals surface area contributed by atoms with Gasteiger partial charge in [-0.1, -0.05) is 18.2 Å². The number of benzene rings is 2. The smallest absolute Gasteiger partial charge is 0.126 e. The maximum Gasteiger partial charge on any atom is 0.126 e. The third-order valence-corrected chi connectivity index (χ3v) is 6.73. The largest absolute Gasteiger partial charge is 0.394 e. The molecule has 32 heavy (non-hydrogen) atoms. The molecule has 0 amide bonds. The molecule has 1 fully saturated rings. The van der Waals surface area contributed by atoms with Crippen molar-refractivity contribution in [2.45, 2.75) is 36.9 Å². The molecule has 0 spiro atoms. The van der Waals surface area contributed by atoms with Gasteiger partial charge < -0.3 is 25.2 Å². The van der Waals surface area contributed by atoms with Crippen LogP contribution >= 0.6 is 11.3 Å². The lowest BCUT2D eigenvalue weighted by Gasteiger charge is -2.40. The number of nitrogens with zero attached hydrogens (tertiary/aromatic N) is 1. The fourth-order valence-corrected chi connectivity index (χ4v) is 4.87. The summed E-state index contributed by atoms with van der Waals surface area (Å²) in [6.45, 7) is -0.527. The molecule has 0 bridgehead atoms. The van der Waals surface area contributed by atoms with Crippen LogP contribution in [0.15, 0.2) is 54.6 Å². The molecule has 166 valence electrons. The Bertz CT molecular complexity index is 1140. The van der Waals surface area contributed by atoms with Crippen molar-refractivity contribution < 1.29 is 29.6 Å². The van der Waals surface area contributed by atoms with E-state index >= 15 is 0 Å². The van der Waals surface area contributed by atoms with Gasteiger partial charge in [0.2, 0.25) is 0 Å². The number of hydrogen-bond donors (Lipinski definition) is 4. The maximum atomic E-state index is 14.6. The summed E-state index contributed by atoms with van der Waals surface area (Å²) in [5, 5.41) is 48.9. The lowest BCUT2D eigenvalue weighted by molar-refractivity contribution is -0.231. The van der Waals surface area contributed by atoms with E-state index in [0.29, 0.717) is 23.1 Å². The monoisotopic (exact) mass is 455 g/mol. The predicted molar refractivity (Wildman–Crippen MR) is 116 cm³/mol. The highest BCUT2D eigenvalue weighted by Gasteiger charge is 2.44. The Morgan fingerprint density at radius 2 is 1.81 bits per heavy atom. The van der Waals surface area contributed by atoms with Gasteiger partial charge in [0.1, 0.15) is 36.3 Å². The summed E-state index contributed by atoms with van der Waals surface area (Å²) < 4.78 is 20.2. The number of aliphatic hydroxyl groups excluding tert-OH is 4. The zero-order valence-electron chi connectivity index (χ0n) is 16.9. The molecule has 5 atom stereocenters. The molecular weight excluding hydrogens is 433 g/mol. The number of aliphatic hydroxyl groups is 4. The average Bonchev–Trinajstić information content (AvgIpc) is 3.28. The zero-order chi connectivity index (χ0) is 22.8. The Labute approximate surface area is 188 Å². The molecule has 1 saturated heterocycles. The summed E-state index contributed by atoms with van der Waals surface area (Å²) in [5.41, 5.74) is 2.31. The fraction of sp³-hybridized carbons (Fsp3) is 0.292. The van der Waals surface area contributed by atoms with Crippen molar-refractivity contribution in [3.63, 3.8) is 0 Å². The van der Waals surface area contributed by atoms with Gasteiger partial charge in [-0.3, -0.25) is 0 Å². The molecular formula is C24H22FNO5S. The van der Waals surface area contributed by atoms with Crippen molar-refractivity contribution in [1.29, 1.82) is 5.26 Å². The van der Waals surface area contributed by atoms with Gasteiger partial charge in [0.25, 0.3) is 0 Å². The second kappa shape index (κ2) is 9.46. The van der Waals surface area contributed by atoms with Crippen molar-refractivity contribution >= 4 is 11.3 Å². The molecule has 1 aromatic heterocycles. The van der Waals surface area contributed by atoms with Gasteiger partial charge in [-0.25, -0.2) is 4.39 Å². The first-order valence-corrected chi connectivity index (χ1v) is 10.9. The van der Waals surface area contributed by atoms with Crippen LogP contribution in [0.5, 0.6) is 0 Å². The molecule has 4 rings (SSSR count). The summed E-state index contributed by atoms with van der Waals surface area (Å²) in [6.07, 6.45) is -6.11. The average molecular weight is 456 g/mol. The second-order valence-corrected chi connectivity index (χ2v) is 8.90. The van der Waals surface area contributed by atoms with Gasteiger partial charge in [0.05, 0.1) is 18.2 Å². The summed E-state index contributed by atoms with van der Waals surface area (Å²) in [5.74, 6) is -0.417. The Kier molecular flexibility index (Phi) is 6.67. The van der Waals surface area contributed by atoms with Crippen molar-refractivity contribution in [3.05, 3.63) is 82.0 Å². The van der Waals surface area contributed by atoms with Crippen LogP contribution in [0.1, 0.15) is 27.7 Å². The van der Waals surface area contributed by atoms with Crippen molar-refractivity contribution in [1.82, 2.24) is 0 Å². The van der Waals surface area contributed by atoms with Gasteiger partial charge in [-0.05, 0) is 53.1 Å². The van der Waals surface area contributed by atoms with Crippen LogP contribution in [0, 0.1) is 17.1 Å². The molecule has 6 nitrogen and oxygen atoms in total. The van der Waals surface area contributed by atoms with Crippen LogP contribution < -0.4 is 0 Å². The van der Waals surface area contributed by atoms with Gasteiger partial charge >= 0.3 is 0 Å². The van der Waals surface area contributed by atoms with Crippen LogP contribution in [-0.4, -0.2) is 51.4 Å². The fourth-order valence-electron chi connectivity index (χ4n) is 3.84. The highest BCUT2D eigenvalue weighted by atomic mass is 32.1. The molecule has 3 aromatic rings. The van der Waals surface area contributed by atoms with E-state index in [2.05, 4.69) is 6.07 Å². The van der Waals surface area contributed by atoms with Crippen molar-refractivity contribution in [3.8, 4) is 16.5 Å². The molecule has 4 N–H and O–H groups in total. The van der Waals surface area contributed by atoms with Gasteiger partial charge in [-0.15, -0.1) is 11.3 Å². The number of nitriles is 1. The van der Waals surface area contributed by atoms with Crippen LogP contribution in [-0.2, 0) is 11.2 Å². The third kappa shape index (κ3) is 4.45. The molecule has 2 aromatic carbocycles. The molecule has 2 heterocycles. The standard InChI is InChI=1S/C24H22FNO5S/c25-18-6-4-15(24-23(30)22(29)21(28)19(12-27)31-24)9-16(18)10-17-5-7-20(32-17)14-3-1-2-13(8-14)11-26/h1-9,19,21-24,27-30H,10,12H2/t19-,21-,22+,23-,24?/m1/s1. The van der Waals surface area contributed by atoms with E-state index in [0.717, 1.165) is 15.3 Å². The van der Waals surface area contributed by atoms with E-state index in [1.807, 2.05) is 24.3 Å². The van der Waals surface area contributed by atoms with E-state index in [9.17, 15) is 24.8 Å². The third-order valence-electron chi connectivity index (χ3n) is 5.59. The molecule has 0 saturated carbocycles. The summed E-state index contributed by atoms with van der Waals surface area (Å²) in [6, 6.07) is 17.5. The quantitative estimate of drug-likeness (QED) is 0.470. The zero-order valence-corrected chi connectivity index (χ0v) is 17.7. The highest BCUT2D eigenvalue weighted by Crippen LogP contribution is 2.34. The van der Waals surface area contributed by atoms with Crippen molar-refractivity contribution in [2.24, 2.45) is 0 Å². The first-order valence-electron chi connectivity index (χ1n) is 10.1. The van der Waals surface area contributed by atoms with E-state index in [-0.39, 0.29) is 0 Å². The Morgan fingerprint density at radius 3 is 2.56 bits per heavy atom. The summed E-state index contributed by atoms with van der Waals surface area (Å²) in [4.78, 5) is 1.87. The summed E-state index contributed by atoms with van der Waals surface area (Å²) >= 11 is 1.49. The first-order chi connectivity index (χ1) is 15.4.